The first-order chi connectivity index (χ1) is 12.5. The predicted octanol–water partition coefficient (Wildman–Crippen LogP) is 2.95. The van der Waals surface area contributed by atoms with Gasteiger partial charge in [-0.3, -0.25) is 5.41 Å². The van der Waals surface area contributed by atoms with E-state index in [1.807, 2.05) is 0 Å². The molecule has 1 aromatic carbocycles. The highest BCUT2D eigenvalue weighted by Crippen LogP contribution is 2.38. The summed E-state index contributed by atoms with van der Waals surface area (Å²) in [6.07, 6.45) is 1.48. The van der Waals surface area contributed by atoms with Crippen LogP contribution in [0.4, 0.5) is 0 Å². The molecule has 4 aromatic rings. The Morgan fingerprint density at radius 2 is 2.00 bits per heavy atom. The molecule has 0 saturated heterocycles. The zero-order valence-corrected chi connectivity index (χ0v) is 13.9. The lowest BCUT2D eigenvalue weighted by molar-refractivity contribution is 0.0521. The Bertz CT molecular complexity index is 1290. The third-order valence-corrected chi connectivity index (χ3v) is 4.01. The number of methoxy groups -OCH3 is 1. The second kappa shape index (κ2) is 5.76. The van der Waals surface area contributed by atoms with Gasteiger partial charge in [0.25, 0.3) is 0 Å². The molecule has 3 aromatic heterocycles. The number of carbonyl (C=O) groups is 1. The SMILES string of the molecule is CCOC(=O)c1cc2c(=O)oc3cc4occc4c(OC)c3c2oc1=N. The van der Waals surface area contributed by atoms with Gasteiger partial charge < -0.3 is 22.7 Å². The van der Waals surface area contributed by atoms with Crippen LogP contribution in [0.3, 0.4) is 0 Å². The smallest absolute Gasteiger partial charge is 0.347 e. The molecule has 3 heterocycles. The van der Waals surface area contributed by atoms with Gasteiger partial charge in [-0.2, -0.15) is 0 Å². The lowest BCUT2D eigenvalue weighted by Gasteiger charge is -2.09. The fraction of sp³-hybridized carbons (Fsp3) is 0.167. The lowest BCUT2D eigenvalue weighted by Crippen LogP contribution is -2.18. The van der Waals surface area contributed by atoms with Crippen molar-refractivity contribution in [3.05, 3.63) is 46.0 Å². The van der Waals surface area contributed by atoms with E-state index in [-0.39, 0.29) is 28.7 Å². The molecule has 0 aliphatic carbocycles. The Morgan fingerprint density at radius 1 is 1.19 bits per heavy atom. The molecule has 0 amide bonds. The van der Waals surface area contributed by atoms with Gasteiger partial charge in [0.05, 0.1) is 25.4 Å². The molecule has 0 saturated carbocycles. The van der Waals surface area contributed by atoms with E-state index in [0.717, 1.165) is 0 Å². The van der Waals surface area contributed by atoms with Crippen LogP contribution >= 0.6 is 0 Å². The molecule has 26 heavy (non-hydrogen) atoms. The Morgan fingerprint density at radius 3 is 2.73 bits per heavy atom. The summed E-state index contributed by atoms with van der Waals surface area (Å²) < 4.78 is 26.6. The van der Waals surface area contributed by atoms with Crippen LogP contribution in [0.15, 0.2) is 42.5 Å². The third-order valence-electron chi connectivity index (χ3n) is 4.01. The Balaban J connectivity index is 2.18. The second-order valence-electron chi connectivity index (χ2n) is 5.46. The largest absolute Gasteiger partial charge is 0.495 e. The topological polar surface area (TPSA) is 116 Å². The highest BCUT2D eigenvalue weighted by atomic mass is 16.5. The van der Waals surface area contributed by atoms with Gasteiger partial charge in [0.15, 0.2) is 5.58 Å². The minimum absolute atomic E-state index is 0.0118. The zero-order chi connectivity index (χ0) is 18.4. The Hall–Kier alpha value is -3.55. The van der Waals surface area contributed by atoms with Crippen molar-refractivity contribution in [3.8, 4) is 5.75 Å². The van der Waals surface area contributed by atoms with Crippen LogP contribution in [-0.4, -0.2) is 19.7 Å². The van der Waals surface area contributed by atoms with Crippen molar-refractivity contribution in [1.29, 1.82) is 5.41 Å². The number of rotatable bonds is 3. The van der Waals surface area contributed by atoms with Crippen LogP contribution in [0.1, 0.15) is 17.3 Å². The number of benzene rings is 1. The summed E-state index contributed by atoms with van der Waals surface area (Å²) in [6.45, 7) is 1.78. The first-order valence-electron chi connectivity index (χ1n) is 7.75. The molecule has 4 rings (SSSR count). The maximum atomic E-state index is 12.4. The van der Waals surface area contributed by atoms with E-state index < -0.39 is 17.1 Å². The summed E-state index contributed by atoms with van der Waals surface area (Å²) in [4.78, 5) is 24.4. The summed E-state index contributed by atoms with van der Waals surface area (Å²) in [5.74, 6) is -0.369. The lowest BCUT2D eigenvalue weighted by atomic mass is 10.1. The van der Waals surface area contributed by atoms with Crippen LogP contribution in [0.2, 0.25) is 0 Å². The van der Waals surface area contributed by atoms with Gasteiger partial charge in [-0.15, -0.1) is 0 Å². The normalized spacial score (nSPS) is 11.3. The molecule has 0 atom stereocenters. The number of carbonyl (C=O) groups excluding carboxylic acids is 1. The number of ether oxygens (including phenoxy) is 2. The van der Waals surface area contributed by atoms with Gasteiger partial charge in [-0.05, 0) is 19.1 Å². The van der Waals surface area contributed by atoms with E-state index in [0.29, 0.717) is 22.1 Å². The van der Waals surface area contributed by atoms with Gasteiger partial charge in [-0.25, -0.2) is 9.59 Å². The number of fused-ring (bicyclic) bond motifs is 4. The molecule has 8 heteroatoms. The Labute approximate surface area is 145 Å². The van der Waals surface area contributed by atoms with E-state index in [4.69, 9.17) is 28.1 Å². The summed E-state index contributed by atoms with van der Waals surface area (Å²) in [5, 5.41) is 9.05. The highest BCUT2D eigenvalue weighted by Gasteiger charge is 2.21. The van der Waals surface area contributed by atoms with Crippen LogP contribution in [-0.2, 0) is 4.74 Å². The van der Waals surface area contributed by atoms with Crippen molar-refractivity contribution >= 4 is 38.9 Å². The summed E-state index contributed by atoms with van der Waals surface area (Å²) >= 11 is 0. The third kappa shape index (κ3) is 2.19. The van der Waals surface area contributed by atoms with Crippen molar-refractivity contribution in [3.63, 3.8) is 0 Å². The van der Waals surface area contributed by atoms with E-state index >= 15 is 0 Å². The number of esters is 1. The molecule has 0 aliphatic rings. The molecular weight excluding hydrogens is 342 g/mol. The quantitative estimate of drug-likeness (QED) is 0.341. The van der Waals surface area contributed by atoms with Crippen LogP contribution < -0.4 is 15.9 Å². The fourth-order valence-corrected chi connectivity index (χ4v) is 2.91. The standard InChI is InChI=1S/C18H13NO7/c1-3-23-17(20)10-6-9-15(26-16(10)19)13-12(25-18(9)21)7-11-8(4-5-24-11)14(13)22-2/h4-7,19H,3H2,1-2H3. The molecule has 0 aliphatic heterocycles. The second-order valence-corrected chi connectivity index (χ2v) is 5.46. The molecule has 0 bridgehead atoms. The zero-order valence-electron chi connectivity index (χ0n) is 13.9. The maximum absolute atomic E-state index is 12.4. The molecule has 0 unspecified atom stereocenters. The monoisotopic (exact) mass is 355 g/mol. The number of furan rings is 1. The van der Waals surface area contributed by atoms with Gasteiger partial charge in [0.1, 0.15) is 33.3 Å². The summed E-state index contributed by atoms with van der Waals surface area (Å²) in [6, 6.07) is 4.50. The number of nitrogens with one attached hydrogen (secondary N) is 1. The first-order valence-corrected chi connectivity index (χ1v) is 7.75. The molecule has 0 fully saturated rings. The van der Waals surface area contributed by atoms with Crippen molar-refractivity contribution < 1.29 is 27.5 Å². The van der Waals surface area contributed by atoms with Crippen molar-refractivity contribution in [2.24, 2.45) is 0 Å². The molecule has 8 nitrogen and oxygen atoms in total. The van der Waals surface area contributed by atoms with Crippen molar-refractivity contribution in [2.45, 2.75) is 6.92 Å². The van der Waals surface area contributed by atoms with Crippen LogP contribution in [0.25, 0.3) is 32.9 Å². The average molecular weight is 355 g/mol. The molecule has 0 radical (unpaired) electrons. The van der Waals surface area contributed by atoms with E-state index in [2.05, 4.69) is 0 Å². The fourth-order valence-electron chi connectivity index (χ4n) is 2.91. The van der Waals surface area contributed by atoms with Crippen molar-refractivity contribution in [2.75, 3.05) is 13.7 Å². The van der Waals surface area contributed by atoms with Gasteiger partial charge in [0, 0.05) is 6.07 Å². The average Bonchev–Trinajstić information content (AvgIpc) is 3.07. The van der Waals surface area contributed by atoms with Crippen molar-refractivity contribution in [1.82, 2.24) is 0 Å². The van der Waals surface area contributed by atoms with E-state index in [9.17, 15) is 9.59 Å². The van der Waals surface area contributed by atoms with Gasteiger partial charge in [0.2, 0.25) is 5.55 Å². The van der Waals surface area contributed by atoms with Crippen LogP contribution in [0.5, 0.6) is 5.75 Å². The highest BCUT2D eigenvalue weighted by molar-refractivity contribution is 6.12. The number of hydrogen-bond donors (Lipinski definition) is 1. The summed E-state index contributed by atoms with van der Waals surface area (Å²) in [5.41, 5.74) is -0.532. The minimum Gasteiger partial charge on any atom is -0.495 e. The van der Waals surface area contributed by atoms with Crippen LogP contribution in [0, 0.1) is 5.41 Å². The molecule has 1 N–H and O–H groups in total. The Kier molecular flexibility index (Phi) is 3.54. The van der Waals surface area contributed by atoms with Gasteiger partial charge in [-0.1, -0.05) is 0 Å². The predicted molar refractivity (Wildman–Crippen MR) is 90.4 cm³/mol. The van der Waals surface area contributed by atoms with Gasteiger partial charge >= 0.3 is 11.6 Å². The molecule has 132 valence electrons. The minimum atomic E-state index is -0.750. The maximum Gasteiger partial charge on any atom is 0.347 e. The number of hydrogen-bond acceptors (Lipinski definition) is 8. The molecule has 0 spiro atoms. The van der Waals surface area contributed by atoms with E-state index in [1.165, 1.54) is 19.4 Å². The first kappa shape index (κ1) is 15.9. The van der Waals surface area contributed by atoms with E-state index in [1.54, 1.807) is 19.1 Å². The molecular formula is C18H13NO7. The summed E-state index contributed by atoms with van der Waals surface area (Å²) in [7, 11) is 1.47.